The van der Waals surface area contributed by atoms with Gasteiger partial charge in [0.15, 0.2) is 0 Å². The van der Waals surface area contributed by atoms with Gasteiger partial charge >= 0.3 is 0 Å². The van der Waals surface area contributed by atoms with Crippen molar-refractivity contribution in [1.82, 2.24) is 10.2 Å². The molecule has 0 saturated carbocycles. The van der Waals surface area contributed by atoms with Crippen LogP contribution in [0.2, 0.25) is 0 Å². The third-order valence-electron chi connectivity index (χ3n) is 3.36. The predicted molar refractivity (Wildman–Crippen MR) is 68.8 cm³/mol. The van der Waals surface area contributed by atoms with Crippen LogP contribution in [0.5, 0.6) is 0 Å². The molecule has 1 N–H and O–H groups in total. The summed E-state index contributed by atoms with van der Waals surface area (Å²) in [6, 6.07) is 9.43. The van der Waals surface area contributed by atoms with Crippen molar-refractivity contribution in [3.63, 3.8) is 0 Å². The van der Waals surface area contributed by atoms with E-state index in [-0.39, 0.29) is 17.9 Å². The van der Waals surface area contributed by atoms with E-state index in [1.165, 1.54) is 0 Å². The van der Waals surface area contributed by atoms with Crippen LogP contribution in [-0.4, -0.2) is 29.3 Å². The van der Waals surface area contributed by atoms with E-state index in [0.29, 0.717) is 13.0 Å². The lowest BCUT2D eigenvalue weighted by molar-refractivity contribution is -0.134. The van der Waals surface area contributed by atoms with E-state index >= 15 is 0 Å². The van der Waals surface area contributed by atoms with Crippen molar-refractivity contribution >= 4 is 11.8 Å². The maximum Gasteiger partial charge on any atom is 0.245 e. The molecule has 4 nitrogen and oxygen atoms in total. The summed E-state index contributed by atoms with van der Waals surface area (Å²) in [6.45, 7) is 4.21. The van der Waals surface area contributed by atoms with Crippen molar-refractivity contribution in [2.45, 2.75) is 32.4 Å². The number of hydrogen-bond donors (Lipinski definition) is 1. The molecular weight excluding hydrogens is 228 g/mol. The zero-order chi connectivity index (χ0) is 13.1. The van der Waals surface area contributed by atoms with Crippen molar-refractivity contribution in [3.05, 3.63) is 35.9 Å². The number of nitrogens with zero attached hydrogens (tertiary/aromatic N) is 1. The molecule has 1 aliphatic rings. The van der Waals surface area contributed by atoms with Gasteiger partial charge in [0.1, 0.15) is 6.04 Å². The molecule has 96 valence electrons. The summed E-state index contributed by atoms with van der Waals surface area (Å²) >= 11 is 0. The summed E-state index contributed by atoms with van der Waals surface area (Å²) in [4.78, 5) is 25.4. The van der Waals surface area contributed by atoms with Crippen LogP contribution >= 0.6 is 0 Å². The average Bonchev–Trinajstić information content (AvgIpc) is 2.50. The number of carbonyl (C=O) groups excluding carboxylic acids is 2. The molecule has 1 aliphatic heterocycles. The summed E-state index contributed by atoms with van der Waals surface area (Å²) < 4.78 is 0. The third-order valence-corrected chi connectivity index (χ3v) is 3.36. The lowest BCUT2D eigenvalue weighted by Crippen LogP contribution is -2.43. The van der Waals surface area contributed by atoms with Crippen molar-refractivity contribution in [3.8, 4) is 0 Å². The van der Waals surface area contributed by atoms with Crippen molar-refractivity contribution in [2.75, 3.05) is 6.54 Å². The molecule has 0 aliphatic carbocycles. The Balaban J connectivity index is 2.21. The molecule has 1 aromatic carbocycles. The van der Waals surface area contributed by atoms with Gasteiger partial charge in [0.05, 0.1) is 6.04 Å². The number of amides is 2. The van der Waals surface area contributed by atoms with Gasteiger partial charge in [-0.3, -0.25) is 9.59 Å². The molecule has 1 fully saturated rings. The number of hydrogen-bond acceptors (Lipinski definition) is 2. The van der Waals surface area contributed by atoms with Crippen LogP contribution < -0.4 is 5.32 Å². The maximum atomic E-state index is 12.2. The van der Waals surface area contributed by atoms with E-state index in [9.17, 15) is 9.59 Å². The lowest BCUT2D eigenvalue weighted by Gasteiger charge is -2.29. The Hall–Kier alpha value is -1.84. The molecule has 4 heteroatoms. The van der Waals surface area contributed by atoms with E-state index in [0.717, 1.165) is 5.56 Å². The SMILES string of the molecule is CC1NC(=O)CCN(C(C)c2ccccc2)C1=O. The molecule has 1 aromatic rings. The highest BCUT2D eigenvalue weighted by atomic mass is 16.2. The molecule has 2 unspecified atom stereocenters. The van der Waals surface area contributed by atoms with Gasteiger partial charge in [-0.2, -0.15) is 0 Å². The monoisotopic (exact) mass is 246 g/mol. The number of nitrogens with one attached hydrogen (secondary N) is 1. The van der Waals surface area contributed by atoms with Gasteiger partial charge in [0.25, 0.3) is 0 Å². The Labute approximate surface area is 107 Å². The number of benzene rings is 1. The van der Waals surface area contributed by atoms with Crippen molar-refractivity contribution in [1.29, 1.82) is 0 Å². The first-order valence-corrected chi connectivity index (χ1v) is 6.24. The second kappa shape index (κ2) is 5.21. The van der Waals surface area contributed by atoms with Crippen molar-refractivity contribution < 1.29 is 9.59 Å². The van der Waals surface area contributed by atoms with Gasteiger partial charge < -0.3 is 10.2 Å². The van der Waals surface area contributed by atoms with E-state index in [1.54, 1.807) is 11.8 Å². The molecule has 1 heterocycles. The Kier molecular flexibility index (Phi) is 3.65. The second-order valence-electron chi connectivity index (χ2n) is 4.66. The third kappa shape index (κ3) is 2.53. The van der Waals surface area contributed by atoms with Gasteiger partial charge in [-0.1, -0.05) is 30.3 Å². The van der Waals surface area contributed by atoms with Crippen LogP contribution in [0, 0.1) is 0 Å². The Bertz CT molecular complexity index is 444. The summed E-state index contributed by atoms with van der Waals surface area (Å²) in [5.74, 6) is -0.0733. The fourth-order valence-corrected chi connectivity index (χ4v) is 2.25. The molecule has 2 atom stereocenters. The number of rotatable bonds is 2. The van der Waals surface area contributed by atoms with Crippen LogP contribution in [0.4, 0.5) is 0 Å². The normalized spacial score (nSPS) is 22.3. The van der Waals surface area contributed by atoms with Crippen LogP contribution in [0.15, 0.2) is 30.3 Å². The van der Waals surface area contributed by atoms with E-state index < -0.39 is 6.04 Å². The fraction of sp³-hybridized carbons (Fsp3) is 0.429. The molecular formula is C14H18N2O2. The summed E-state index contributed by atoms with van der Waals surface area (Å²) in [7, 11) is 0. The Morgan fingerprint density at radius 2 is 1.94 bits per heavy atom. The van der Waals surface area contributed by atoms with E-state index in [4.69, 9.17) is 0 Å². The van der Waals surface area contributed by atoms with Gasteiger partial charge in [-0.25, -0.2) is 0 Å². The van der Waals surface area contributed by atoms with Crippen molar-refractivity contribution in [2.24, 2.45) is 0 Å². The minimum Gasteiger partial charge on any atom is -0.345 e. The molecule has 0 spiro atoms. The zero-order valence-electron chi connectivity index (χ0n) is 10.7. The molecule has 18 heavy (non-hydrogen) atoms. The average molecular weight is 246 g/mol. The van der Waals surface area contributed by atoms with E-state index in [1.807, 2.05) is 37.3 Å². The highest BCUT2D eigenvalue weighted by molar-refractivity contribution is 5.89. The molecule has 2 amide bonds. The fourth-order valence-electron chi connectivity index (χ4n) is 2.25. The molecule has 2 rings (SSSR count). The smallest absolute Gasteiger partial charge is 0.245 e. The minimum atomic E-state index is -0.439. The predicted octanol–water partition coefficient (Wildman–Crippen LogP) is 1.48. The lowest BCUT2D eigenvalue weighted by atomic mass is 10.1. The summed E-state index contributed by atoms with van der Waals surface area (Å²) in [6.07, 6.45) is 0.368. The molecule has 0 radical (unpaired) electrons. The van der Waals surface area contributed by atoms with Crippen LogP contribution in [0.1, 0.15) is 31.9 Å². The largest absolute Gasteiger partial charge is 0.345 e. The highest BCUT2D eigenvalue weighted by Gasteiger charge is 2.29. The molecule has 1 saturated heterocycles. The highest BCUT2D eigenvalue weighted by Crippen LogP contribution is 2.22. The summed E-state index contributed by atoms with van der Waals surface area (Å²) in [5, 5.41) is 2.70. The second-order valence-corrected chi connectivity index (χ2v) is 4.66. The Morgan fingerprint density at radius 3 is 2.61 bits per heavy atom. The van der Waals surface area contributed by atoms with Crippen LogP contribution in [0.25, 0.3) is 0 Å². The summed E-state index contributed by atoms with van der Waals surface area (Å²) in [5.41, 5.74) is 1.09. The van der Waals surface area contributed by atoms with Crippen LogP contribution in [0.3, 0.4) is 0 Å². The quantitative estimate of drug-likeness (QED) is 0.859. The molecule has 0 aromatic heterocycles. The zero-order valence-corrected chi connectivity index (χ0v) is 10.7. The standard InChI is InChI=1S/C14H18N2O2/c1-10-14(18)16(9-8-13(17)15-10)11(2)12-6-4-3-5-7-12/h3-7,10-11H,8-9H2,1-2H3,(H,15,17). The first kappa shape index (κ1) is 12.6. The number of carbonyl (C=O) groups is 2. The Morgan fingerprint density at radius 1 is 1.28 bits per heavy atom. The van der Waals surface area contributed by atoms with Gasteiger partial charge in [-0.05, 0) is 19.4 Å². The first-order chi connectivity index (χ1) is 8.59. The molecule has 0 bridgehead atoms. The van der Waals surface area contributed by atoms with Gasteiger partial charge in [-0.15, -0.1) is 0 Å². The van der Waals surface area contributed by atoms with Crippen LogP contribution in [-0.2, 0) is 9.59 Å². The van der Waals surface area contributed by atoms with Gasteiger partial charge in [0.2, 0.25) is 11.8 Å². The maximum absolute atomic E-state index is 12.2. The minimum absolute atomic E-state index is 0.00569. The van der Waals surface area contributed by atoms with E-state index in [2.05, 4.69) is 5.32 Å². The topological polar surface area (TPSA) is 49.4 Å². The first-order valence-electron chi connectivity index (χ1n) is 6.24. The van der Waals surface area contributed by atoms with Gasteiger partial charge in [0, 0.05) is 13.0 Å².